The Bertz CT molecular complexity index is 1100. The standard InChI is InChI=1S/C19H17F6N5O/c1-10-14(11(2)30-17(27-10)28-16(29-30)19(23,24)25)9-15(31)26-8-7-12-3-5-13(6-4-12)18(20,21)22/h3-6H,7-9H2,1-2H3,(H,26,31). The van der Waals surface area contributed by atoms with Crippen molar-refractivity contribution in [3.8, 4) is 0 Å². The average Bonchev–Trinajstić information content (AvgIpc) is 3.09. The zero-order valence-electron chi connectivity index (χ0n) is 16.4. The van der Waals surface area contributed by atoms with Gasteiger partial charge in [-0.1, -0.05) is 12.1 Å². The van der Waals surface area contributed by atoms with E-state index in [2.05, 4.69) is 20.4 Å². The van der Waals surface area contributed by atoms with Crippen LogP contribution in [0.2, 0.25) is 0 Å². The molecule has 1 amide bonds. The highest BCUT2D eigenvalue weighted by Gasteiger charge is 2.37. The summed E-state index contributed by atoms with van der Waals surface area (Å²) < 4.78 is 77.2. The highest BCUT2D eigenvalue weighted by atomic mass is 19.4. The molecule has 2 aromatic heterocycles. The van der Waals surface area contributed by atoms with E-state index in [0.29, 0.717) is 28.9 Å². The highest BCUT2D eigenvalue weighted by molar-refractivity contribution is 5.79. The molecule has 0 unspecified atom stereocenters. The molecule has 0 aliphatic heterocycles. The quantitative estimate of drug-likeness (QED) is 0.609. The number of carbonyl (C=O) groups is 1. The van der Waals surface area contributed by atoms with E-state index in [1.807, 2.05) is 0 Å². The first-order chi connectivity index (χ1) is 14.4. The Morgan fingerprint density at radius 3 is 2.23 bits per heavy atom. The van der Waals surface area contributed by atoms with Crippen LogP contribution in [0.3, 0.4) is 0 Å². The monoisotopic (exact) mass is 445 g/mol. The molecule has 0 spiro atoms. The molecule has 1 aromatic carbocycles. The SMILES string of the molecule is Cc1nc2nc(C(F)(F)F)nn2c(C)c1CC(=O)NCCc1ccc(C(F)(F)F)cc1. The number of hydrogen-bond acceptors (Lipinski definition) is 4. The minimum absolute atomic E-state index is 0.144. The molecule has 0 saturated heterocycles. The van der Waals surface area contributed by atoms with Gasteiger partial charge in [-0.2, -0.15) is 31.3 Å². The van der Waals surface area contributed by atoms with Crippen molar-refractivity contribution in [2.75, 3.05) is 6.54 Å². The summed E-state index contributed by atoms with van der Waals surface area (Å²) in [6.45, 7) is 3.25. The number of nitrogens with zero attached hydrogens (tertiary/aromatic N) is 4. The van der Waals surface area contributed by atoms with E-state index in [1.54, 1.807) is 6.92 Å². The Morgan fingerprint density at radius 2 is 1.65 bits per heavy atom. The summed E-state index contributed by atoms with van der Waals surface area (Å²) in [4.78, 5) is 19.7. The largest absolute Gasteiger partial charge is 0.453 e. The van der Waals surface area contributed by atoms with Crippen LogP contribution in [0.15, 0.2) is 24.3 Å². The van der Waals surface area contributed by atoms with Gasteiger partial charge in [0.05, 0.1) is 12.0 Å². The molecule has 0 radical (unpaired) electrons. The van der Waals surface area contributed by atoms with Gasteiger partial charge in [0.15, 0.2) is 0 Å². The van der Waals surface area contributed by atoms with Crippen molar-refractivity contribution in [2.24, 2.45) is 0 Å². The number of fused-ring (bicyclic) bond motifs is 1. The van der Waals surface area contributed by atoms with Crippen molar-refractivity contribution in [3.63, 3.8) is 0 Å². The average molecular weight is 445 g/mol. The minimum Gasteiger partial charge on any atom is -0.355 e. The van der Waals surface area contributed by atoms with Gasteiger partial charge >= 0.3 is 12.4 Å². The Kier molecular flexibility index (Phi) is 5.92. The lowest BCUT2D eigenvalue weighted by atomic mass is 10.1. The van der Waals surface area contributed by atoms with Gasteiger partial charge in [0.25, 0.3) is 11.6 Å². The molecule has 166 valence electrons. The van der Waals surface area contributed by atoms with E-state index in [9.17, 15) is 31.1 Å². The van der Waals surface area contributed by atoms with Gasteiger partial charge in [-0.3, -0.25) is 4.79 Å². The van der Waals surface area contributed by atoms with E-state index in [-0.39, 0.29) is 18.7 Å². The van der Waals surface area contributed by atoms with Gasteiger partial charge in [0.2, 0.25) is 5.91 Å². The first-order valence-corrected chi connectivity index (χ1v) is 9.09. The van der Waals surface area contributed by atoms with Crippen molar-refractivity contribution in [3.05, 3.63) is 58.2 Å². The van der Waals surface area contributed by atoms with Gasteiger partial charge in [-0.25, -0.2) is 9.50 Å². The van der Waals surface area contributed by atoms with E-state index in [1.165, 1.54) is 19.1 Å². The predicted octanol–water partition coefficient (Wildman–Crippen LogP) is 3.68. The summed E-state index contributed by atoms with van der Waals surface area (Å²) >= 11 is 0. The van der Waals surface area contributed by atoms with Crippen LogP contribution in [0.5, 0.6) is 0 Å². The zero-order chi connectivity index (χ0) is 23.0. The van der Waals surface area contributed by atoms with Crippen LogP contribution >= 0.6 is 0 Å². The molecule has 0 fully saturated rings. The number of nitrogens with one attached hydrogen (secondary N) is 1. The Balaban J connectivity index is 1.65. The molecule has 0 aliphatic carbocycles. The van der Waals surface area contributed by atoms with Gasteiger partial charge in [-0.15, -0.1) is 5.10 Å². The summed E-state index contributed by atoms with van der Waals surface area (Å²) in [5.74, 6) is -1.94. The van der Waals surface area contributed by atoms with Gasteiger partial charge in [-0.05, 0) is 38.0 Å². The van der Waals surface area contributed by atoms with Crippen molar-refractivity contribution in [2.45, 2.75) is 39.0 Å². The maximum absolute atomic E-state index is 12.8. The molecule has 0 aliphatic rings. The topological polar surface area (TPSA) is 72.2 Å². The van der Waals surface area contributed by atoms with Crippen molar-refractivity contribution in [1.82, 2.24) is 24.9 Å². The second-order valence-corrected chi connectivity index (χ2v) is 6.88. The number of carbonyl (C=O) groups excluding carboxylic acids is 1. The molecule has 3 aromatic rings. The summed E-state index contributed by atoms with van der Waals surface area (Å²) in [5, 5.41) is 6.07. The molecule has 0 bridgehead atoms. The molecule has 6 nitrogen and oxygen atoms in total. The van der Waals surface area contributed by atoms with Crippen LogP contribution in [-0.2, 0) is 30.0 Å². The van der Waals surface area contributed by atoms with Crippen molar-refractivity contribution in [1.29, 1.82) is 0 Å². The smallest absolute Gasteiger partial charge is 0.355 e. The molecule has 31 heavy (non-hydrogen) atoms. The maximum atomic E-state index is 12.8. The molecule has 3 rings (SSSR count). The van der Waals surface area contributed by atoms with Gasteiger partial charge < -0.3 is 5.32 Å². The maximum Gasteiger partial charge on any atom is 0.453 e. The summed E-state index contributed by atoms with van der Waals surface area (Å²) in [6, 6.07) is 4.62. The first-order valence-electron chi connectivity index (χ1n) is 9.09. The summed E-state index contributed by atoms with van der Waals surface area (Å²) in [5.41, 5.74) is 0.938. The molecular formula is C19H17F6N5O. The van der Waals surface area contributed by atoms with E-state index in [0.717, 1.165) is 16.6 Å². The fraction of sp³-hybridized carbons (Fsp3) is 0.368. The van der Waals surface area contributed by atoms with Crippen LogP contribution in [0.1, 0.15) is 33.9 Å². The van der Waals surface area contributed by atoms with Crippen LogP contribution in [0, 0.1) is 13.8 Å². The number of alkyl halides is 6. The third-order valence-electron chi connectivity index (χ3n) is 4.66. The Labute approximate surface area is 172 Å². The third-order valence-corrected chi connectivity index (χ3v) is 4.66. The number of halogens is 6. The number of hydrogen-bond donors (Lipinski definition) is 1. The second-order valence-electron chi connectivity index (χ2n) is 6.88. The summed E-state index contributed by atoms with van der Waals surface area (Å²) in [7, 11) is 0. The molecular weight excluding hydrogens is 428 g/mol. The second kappa shape index (κ2) is 8.16. The van der Waals surface area contributed by atoms with Crippen molar-refractivity contribution >= 4 is 11.7 Å². The number of aromatic nitrogens is 4. The fourth-order valence-corrected chi connectivity index (χ4v) is 3.01. The van der Waals surface area contributed by atoms with Gasteiger partial charge in [0, 0.05) is 23.5 Å². The number of amides is 1. The lowest BCUT2D eigenvalue weighted by Gasteiger charge is -2.11. The van der Waals surface area contributed by atoms with E-state index >= 15 is 0 Å². The van der Waals surface area contributed by atoms with E-state index < -0.39 is 29.6 Å². The Morgan fingerprint density at radius 1 is 1.00 bits per heavy atom. The molecule has 12 heteroatoms. The van der Waals surface area contributed by atoms with Crippen LogP contribution in [0.25, 0.3) is 5.78 Å². The highest BCUT2D eigenvalue weighted by Crippen LogP contribution is 2.29. The molecule has 0 saturated carbocycles. The number of benzene rings is 1. The minimum atomic E-state index is -4.72. The number of rotatable bonds is 5. The van der Waals surface area contributed by atoms with Crippen molar-refractivity contribution < 1.29 is 31.1 Å². The molecule has 0 atom stereocenters. The Hall–Kier alpha value is -3.18. The third kappa shape index (κ3) is 5.12. The molecule has 2 heterocycles. The first kappa shape index (κ1) is 22.5. The summed E-state index contributed by atoms with van der Waals surface area (Å²) in [6.07, 6.45) is -8.96. The normalized spacial score (nSPS) is 12.4. The van der Waals surface area contributed by atoms with Gasteiger partial charge in [0.1, 0.15) is 0 Å². The van der Waals surface area contributed by atoms with Crippen LogP contribution < -0.4 is 5.32 Å². The molecule has 1 N–H and O–H groups in total. The van der Waals surface area contributed by atoms with Crippen LogP contribution in [0.4, 0.5) is 26.3 Å². The number of aryl methyl sites for hydroxylation is 2. The zero-order valence-corrected chi connectivity index (χ0v) is 16.4. The van der Waals surface area contributed by atoms with Crippen LogP contribution in [-0.4, -0.2) is 32.0 Å². The van der Waals surface area contributed by atoms with E-state index in [4.69, 9.17) is 0 Å². The predicted molar refractivity (Wildman–Crippen MR) is 97.1 cm³/mol. The lowest BCUT2D eigenvalue weighted by molar-refractivity contribution is -0.144. The lowest BCUT2D eigenvalue weighted by Crippen LogP contribution is -2.28. The fourth-order valence-electron chi connectivity index (χ4n) is 3.01.